The van der Waals surface area contributed by atoms with E-state index in [-0.39, 0.29) is 6.54 Å². The first-order valence-corrected chi connectivity index (χ1v) is 6.60. The highest BCUT2D eigenvalue weighted by Gasteiger charge is 2.09. The van der Waals surface area contributed by atoms with Gasteiger partial charge in [-0.15, -0.1) is 11.3 Å². The molecule has 6 nitrogen and oxygen atoms in total. The molecule has 0 saturated heterocycles. The molecule has 4 N–H and O–H groups in total. The van der Waals surface area contributed by atoms with Gasteiger partial charge in [-0.05, 0) is 17.9 Å². The summed E-state index contributed by atoms with van der Waals surface area (Å²) < 4.78 is 0.929. The molecule has 0 aliphatic rings. The van der Waals surface area contributed by atoms with E-state index in [1.165, 1.54) is 11.3 Å². The Balaban J connectivity index is 2.29. The second-order valence-electron chi connectivity index (χ2n) is 3.78. The number of amides is 1. The maximum absolute atomic E-state index is 10.8. The molecule has 0 spiro atoms. The fourth-order valence-electron chi connectivity index (χ4n) is 1.47. The van der Waals surface area contributed by atoms with Gasteiger partial charge in [0.2, 0.25) is 11.9 Å². The smallest absolute Gasteiger partial charge is 0.236 e. The molecule has 96 valence electrons. The van der Waals surface area contributed by atoms with E-state index in [0.717, 1.165) is 23.2 Å². The van der Waals surface area contributed by atoms with Crippen molar-refractivity contribution in [2.24, 2.45) is 5.73 Å². The summed E-state index contributed by atoms with van der Waals surface area (Å²) in [6.07, 6.45) is 0.995. The van der Waals surface area contributed by atoms with Gasteiger partial charge in [-0.25, -0.2) is 4.98 Å². The first kappa shape index (κ1) is 12.6. The normalized spacial score (nSPS) is 10.5. The molecule has 0 aliphatic heterocycles. The number of fused-ring (bicyclic) bond motifs is 1. The Bertz CT molecular complexity index is 553. The van der Waals surface area contributed by atoms with Crippen LogP contribution in [0, 0.1) is 0 Å². The molecule has 0 aromatic carbocycles. The monoisotopic (exact) mass is 265 g/mol. The summed E-state index contributed by atoms with van der Waals surface area (Å²) in [5, 5.41) is 8.01. The minimum Gasteiger partial charge on any atom is -0.368 e. The van der Waals surface area contributed by atoms with Gasteiger partial charge in [0.25, 0.3) is 0 Å². The number of aromatic nitrogens is 2. The summed E-state index contributed by atoms with van der Waals surface area (Å²) in [6, 6.07) is 1.92. The van der Waals surface area contributed by atoms with Gasteiger partial charge in [0.15, 0.2) is 0 Å². The first-order chi connectivity index (χ1) is 8.70. The van der Waals surface area contributed by atoms with Crippen LogP contribution in [0.1, 0.15) is 13.3 Å². The maximum Gasteiger partial charge on any atom is 0.236 e. The third-order valence-corrected chi connectivity index (χ3v) is 3.18. The fraction of sp³-hybridized carbons (Fsp3) is 0.364. The lowest BCUT2D eigenvalue weighted by Crippen LogP contribution is -2.22. The summed E-state index contributed by atoms with van der Waals surface area (Å²) in [5.74, 6) is 0.795. The zero-order chi connectivity index (χ0) is 13.0. The molecule has 2 rings (SSSR count). The van der Waals surface area contributed by atoms with Crippen molar-refractivity contribution in [3.8, 4) is 0 Å². The number of nitrogens with two attached hydrogens (primary N) is 1. The molecule has 0 bridgehead atoms. The predicted octanol–water partition coefficient (Wildman–Crippen LogP) is 1.41. The van der Waals surface area contributed by atoms with Crippen LogP contribution in [0.3, 0.4) is 0 Å². The van der Waals surface area contributed by atoms with Crippen molar-refractivity contribution >= 4 is 39.2 Å². The number of primary amides is 1. The molecule has 1 amide bonds. The zero-order valence-corrected chi connectivity index (χ0v) is 10.9. The highest BCUT2D eigenvalue weighted by Crippen LogP contribution is 2.27. The molecule has 2 heterocycles. The minimum absolute atomic E-state index is 0.0667. The first-order valence-electron chi connectivity index (χ1n) is 5.72. The Hall–Kier alpha value is -1.89. The average molecular weight is 265 g/mol. The zero-order valence-electron chi connectivity index (χ0n) is 10.1. The summed E-state index contributed by atoms with van der Waals surface area (Å²) >= 11 is 1.53. The lowest BCUT2D eigenvalue weighted by Gasteiger charge is -2.08. The lowest BCUT2D eigenvalue weighted by molar-refractivity contribution is -0.116. The van der Waals surface area contributed by atoms with Crippen LogP contribution in [0.25, 0.3) is 10.2 Å². The number of carbonyl (C=O) groups excluding carboxylic acids is 1. The maximum atomic E-state index is 10.8. The van der Waals surface area contributed by atoms with Gasteiger partial charge >= 0.3 is 0 Å². The second-order valence-corrected chi connectivity index (χ2v) is 4.69. The lowest BCUT2D eigenvalue weighted by atomic mass is 10.4. The van der Waals surface area contributed by atoms with E-state index in [0.29, 0.717) is 11.8 Å². The van der Waals surface area contributed by atoms with Crippen molar-refractivity contribution in [3.63, 3.8) is 0 Å². The molecule has 0 saturated carbocycles. The molecule has 0 radical (unpaired) electrons. The van der Waals surface area contributed by atoms with Gasteiger partial charge in [-0.3, -0.25) is 4.79 Å². The van der Waals surface area contributed by atoms with Crippen LogP contribution < -0.4 is 16.4 Å². The van der Waals surface area contributed by atoms with E-state index >= 15 is 0 Å². The van der Waals surface area contributed by atoms with Crippen LogP contribution >= 0.6 is 11.3 Å². The molecule has 2 aromatic heterocycles. The third kappa shape index (κ3) is 2.86. The van der Waals surface area contributed by atoms with Crippen LogP contribution in [0.15, 0.2) is 11.4 Å². The van der Waals surface area contributed by atoms with E-state index < -0.39 is 5.91 Å². The summed E-state index contributed by atoms with van der Waals surface area (Å²) in [5.41, 5.74) is 5.98. The van der Waals surface area contributed by atoms with E-state index in [1.807, 2.05) is 11.4 Å². The van der Waals surface area contributed by atoms with E-state index in [9.17, 15) is 4.79 Å². The van der Waals surface area contributed by atoms with E-state index in [1.54, 1.807) is 0 Å². The Morgan fingerprint density at radius 1 is 1.44 bits per heavy atom. The van der Waals surface area contributed by atoms with Gasteiger partial charge in [0.1, 0.15) is 5.82 Å². The van der Waals surface area contributed by atoms with E-state index in [2.05, 4.69) is 27.5 Å². The Morgan fingerprint density at radius 2 is 2.28 bits per heavy atom. The predicted molar refractivity (Wildman–Crippen MR) is 73.9 cm³/mol. The number of anilines is 2. The van der Waals surface area contributed by atoms with Crippen molar-refractivity contribution in [2.75, 3.05) is 23.7 Å². The number of hydrogen-bond donors (Lipinski definition) is 3. The Labute approximate surface area is 109 Å². The van der Waals surface area contributed by atoms with Crippen molar-refractivity contribution in [1.82, 2.24) is 9.97 Å². The topological polar surface area (TPSA) is 92.9 Å². The second kappa shape index (κ2) is 5.63. The fourth-order valence-corrected chi connectivity index (χ4v) is 2.27. The SMILES string of the molecule is CCCNc1nc(NCC(N)=O)c2sccc2n1. The number of carbonyl (C=O) groups is 1. The number of rotatable bonds is 6. The number of nitrogens with zero attached hydrogens (tertiary/aromatic N) is 2. The van der Waals surface area contributed by atoms with E-state index in [4.69, 9.17) is 5.73 Å². The van der Waals surface area contributed by atoms with Crippen molar-refractivity contribution in [2.45, 2.75) is 13.3 Å². The quantitative estimate of drug-likeness (QED) is 0.734. The number of hydrogen-bond acceptors (Lipinski definition) is 6. The van der Waals surface area contributed by atoms with Crippen molar-refractivity contribution in [1.29, 1.82) is 0 Å². The highest BCUT2D eigenvalue weighted by atomic mass is 32.1. The molecular weight excluding hydrogens is 250 g/mol. The third-order valence-electron chi connectivity index (χ3n) is 2.27. The van der Waals surface area contributed by atoms with Gasteiger partial charge in [0.05, 0.1) is 16.8 Å². The molecule has 18 heavy (non-hydrogen) atoms. The van der Waals surface area contributed by atoms with Crippen LogP contribution in [0.4, 0.5) is 11.8 Å². The molecule has 0 aliphatic carbocycles. The van der Waals surface area contributed by atoms with Crippen LogP contribution in [-0.4, -0.2) is 29.0 Å². The molecular formula is C11H15N5OS. The largest absolute Gasteiger partial charge is 0.368 e. The summed E-state index contributed by atoms with van der Waals surface area (Å²) in [6.45, 7) is 2.95. The van der Waals surface area contributed by atoms with Gasteiger partial charge < -0.3 is 16.4 Å². The van der Waals surface area contributed by atoms with Crippen LogP contribution in [0.2, 0.25) is 0 Å². The molecule has 0 unspecified atom stereocenters. The summed E-state index contributed by atoms with van der Waals surface area (Å²) in [4.78, 5) is 19.6. The van der Waals surface area contributed by atoms with Crippen molar-refractivity contribution in [3.05, 3.63) is 11.4 Å². The highest BCUT2D eigenvalue weighted by molar-refractivity contribution is 7.17. The van der Waals surface area contributed by atoms with Gasteiger partial charge in [-0.1, -0.05) is 6.92 Å². The number of thiophene rings is 1. The molecule has 0 atom stereocenters. The van der Waals surface area contributed by atoms with Gasteiger partial charge in [0, 0.05) is 6.54 Å². The minimum atomic E-state index is -0.415. The molecule has 2 aromatic rings. The Morgan fingerprint density at radius 3 is 3.00 bits per heavy atom. The molecule has 7 heteroatoms. The molecule has 0 fully saturated rings. The van der Waals surface area contributed by atoms with Crippen LogP contribution in [-0.2, 0) is 4.79 Å². The van der Waals surface area contributed by atoms with Gasteiger partial charge in [-0.2, -0.15) is 4.98 Å². The van der Waals surface area contributed by atoms with Crippen molar-refractivity contribution < 1.29 is 4.79 Å². The Kier molecular flexibility index (Phi) is 3.93. The number of nitrogens with one attached hydrogen (secondary N) is 2. The average Bonchev–Trinajstić information content (AvgIpc) is 2.81. The standard InChI is InChI=1S/C11H15N5OS/c1-2-4-13-11-15-7-3-5-18-9(7)10(16-11)14-6-8(12)17/h3,5H,2,4,6H2,1H3,(H2,12,17)(H2,13,14,15,16). The summed E-state index contributed by atoms with van der Waals surface area (Å²) in [7, 11) is 0. The van der Waals surface area contributed by atoms with Crippen LogP contribution in [0.5, 0.6) is 0 Å².